The molecule has 2 N–H and O–H groups in total. The van der Waals surface area contributed by atoms with Crippen LogP contribution in [-0.2, 0) is 17.7 Å². The number of hydrogen-bond acceptors (Lipinski definition) is 4. The maximum atomic E-state index is 5.10. The van der Waals surface area contributed by atoms with E-state index >= 15 is 0 Å². The van der Waals surface area contributed by atoms with Crippen LogP contribution in [-0.4, -0.2) is 53.6 Å². The number of halogens is 1. The van der Waals surface area contributed by atoms with Gasteiger partial charge in [0.2, 0.25) is 0 Å². The Morgan fingerprint density at radius 2 is 2.12 bits per heavy atom. The van der Waals surface area contributed by atoms with Gasteiger partial charge in [-0.15, -0.1) is 34.2 Å². The molecule has 0 amide bonds. The van der Waals surface area contributed by atoms with E-state index in [1.54, 1.807) is 13.4 Å². The third-order valence-electron chi connectivity index (χ3n) is 4.06. The van der Waals surface area contributed by atoms with Crippen molar-refractivity contribution in [2.45, 2.75) is 71.9 Å². The van der Waals surface area contributed by atoms with E-state index in [1.807, 2.05) is 0 Å². The summed E-state index contributed by atoms with van der Waals surface area (Å²) >= 11 is 0. The lowest BCUT2D eigenvalue weighted by Crippen LogP contribution is -2.43. The van der Waals surface area contributed by atoms with Gasteiger partial charge in [0.25, 0.3) is 0 Å². The standard InChI is InChI=1S/C18H36N6O.HI/c1-5-7-8-10-16(3)22-18(19-11-9-14-25-4)20-12-13-24-15-21-23-17(24)6-2;/h15-16H,5-14H2,1-4H3,(H2,19,20,22);1H. The first-order valence-corrected chi connectivity index (χ1v) is 9.61. The number of rotatable bonds is 13. The Balaban J connectivity index is 0.00000625. The Bertz CT molecular complexity index is 480. The molecule has 26 heavy (non-hydrogen) atoms. The van der Waals surface area contributed by atoms with Gasteiger partial charge >= 0.3 is 0 Å². The second-order valence-electron chi connectivity index (χ2n) is 6.34. The third kappa shape index (κ3) is 10.9. The van der Waals surface area contributed by atoms with Crippen LogP contribution in [0.4, 0.5) is 0 Å². The minimum atomic E-state index is 0. The molecule has 0 fully saturated rings. The first-order valence-electron chi connectivity index (χ1n) is 9.61. The molecule has 7 nitrogen and oxygen atoms in total. The monoisotopic (exact) mass is 480 g/mol. The second-order valence-corrected chi connectivity index (χ2v) is 6.34. The summed E-state index contributed by atoms with van der Waals surface area (Å²) in [6, 6.07) is 0.418. The summed E-state index contributed by atoms with van der Waals surface area (Å²) in [5.74, 6) is 1.90. The highest BCUT2D eigenvalue weighted by molar-refractivity contribution is 14.0. The third-order valence-corrected chi connectivity index (χ3v) is 4.06. The molecule has 1 aromatic rings. The molecule has 0 spiro atoms. The van der Waals surface area contributed by atoms with Gasteiger partial charge in [0.1, 0.15) is 12.2 Å². The van der Waals surface area contributed by atoms with Crippen LogP contribution in [0.5, 0.6) is 0 Å². The van der Waals surface area contributed by atoms with Gasteiger partial charge in [-0.2, -0.15) is 0 Å². The fourth-order valence-electron chi connectivity index (χ4n) is 2.59. The number of aliphatic imine (C=N–C) groups is 1. The zero-order chi connectivity index (χ0) is 18.3. The van der Waals surface area contributed by atoms with Crippen LogP contribution in [0.1, 0.15) is 58.7 Å². The normalized spacial score (nSPS) is 12.5. The predicted molar refractivity (Wildman–Crippen MR) is 118 cm³/mol. The Hall–Kier alpha value is -0.900. The molecular formula is C18H37IN6O. The Morgan fingerprint density at radius 3 is 2.81 bits per heavy atom. The van der Waals surface area contributed by atoms with Crippen LogP contribution < -0.4 is 10.6 Å². The average Bonchev–Trinajstić information content (AvgIpc) is 3.06. The van der Waals surface area contributed by atoms with Crippen LogP contribution in [0.2, 0.25) is 0 Å². The lowest BCUT2D eigenvalue weighted by atomic mass is 10.1. The van der Waals surface area contributed by atoms with Crippen molar-refractivity contribution in [2.24, 2.45) is 4.99 Å². The number of aryl methyl sites for hydroxylation is 1. The van der Waals surface area contributed by atoms with Crippen molar-refractivity contribution in [3.05, 3.63) is 12.2 Å². The van der Waals surface area contributed by atoms with Crippen molar-refractivity contribution < 1.29 is 4.74 Å². The summed E-state index contributed by atoms with van der Waals surface area (Å²) in [6.45, 7) is 9.67. The molecule has 1 heterocycles. The number of hydrogen-bond donors (Lipinski definition) is 2. The molecular weight excluding hydrogens is 443 g/mol. The largest absolute Gasteiger partial charge is 0.385 e. The van der Waals surface area contributed by atoms with Crippen molar-refractivity contribution in [3.8, 4) is 0 Å². The van der Waals surface area contributed by atoms with E-state index < -0.39 is 0 Å². The number of nitrogens with one attached hydrogen (secondary N) is 2. The van der Waals surface area contributed by atoms with Crippen molar-refractivity contribution in [1.29, 1.82) is 0 Å². The summed E-state index contributed by atoms with van der Waals surface area (Å²) in [7, 11) is 1.72. The van der Waals surface area contributed by atoms with Gasteiger partial charge in [-0.1, -0.05) is 33.1 Å². The van der Waals surface area contributed by atoms with E-state index in [0.717, 1.165) is 57.3 Å². The van der Waals surface area contributed by atoms with Crippen LogP contribution in [0.15, 0.2) is 11.3 Å². The number of guanidine groups is 1. The quantitative estimate of drug-likeness (QED) is 0.197. The molecule has 0 saturated carbocycles. The van der Waals surface area contributed by atoms with Crippen molar-refractivity contribution in [1.82, 2.24) is 25.4 Å². The summed E-state index contributed by atoms with van der Waals surface area (Å²) in [6.07, 6.45) is 8.56. The number of aromatic nitrogens is 3. The molecule has 1 rings (SSSR count). The highest BCUT2D eigenvalue weighted by Crippen LogP contribution is 2.02. The fraction of sp³-hybridized carbons (Fsp3) is 0.833. The number of ether oxygens (including phenoxy) is 1. The van der Waals surface area contributed by atoms with Crippen LogP contribution in [0.3, 0.4) is 0 Å². The number of unbranched alkanes of at least 4 members (excludes halogenated alkanes) is 2. The Morgan fingerprint density at radius 1 is 1.31 bits per heavy atom. The molecule has 152 valence electrons. The van der Waals surface area contributed by atoms with Gasteiger partial charge in [0, 0.05) is 45.8 Å². The predicted octanol–water partition coefficient (Wildman–Crippen LogP) is 3.00. The molecule has 0 saturated heterocycles. The topological polar surface area (TPSA) is 76.4 Å². The van der Waals surface area contributed by atoms with Crippen molar-refractivity contribution in [2.75, 3.05) is 26.8 Å². The maximum absolute atomic E-state index is 5.10. The van der Waals surface area contributed by atoms with Crippen LogP contribution in [0, 0.1) is 0 Å². The SMILES string of the molecule is CCCCCC(C)NC(=NCCCOC)NCCn1cnnc1CC.I. The van der Waals surface area contributed by atoms with E-state index in [9.17, 15) is 0 Å². The number of methoxy groups -OCH3 is 1. The molecule has 0 aliphatic heterocycles. The average molecular weight is 480 g/mol. The molecule has 0 bridgehead atoms. The molecule has 8 heteroatoms. The van der Waals surface area contributed by atoms with Gasteiger partial charge in [0.15, 0.2) is 5.96 Å². The summed E-state index contributed by atoms with van der Waals surface area (Å²) in [4.78, 5) is 4.66. The molecule has 1 unspecified atom stereocenters. The zero-order valence-electron chi connectivity index (χ0n) is 16.8. The highest BCUT2D eigenvalue weighted by Gasteiger charge is 2.06. The Labute approximate surface area is 175 Å². The van der Waals surface area contributed by atoms with Crippen molar-refractivity contribution in [3.63, 3.8) is 0 Å². The molecule has 0 aliphatic rings. The van der Waals surface area contributed by atoms with Gasteiger partial charge < -0.3 is 19.9 Å². The van der Waals surface area contributed by atoms with Gasteiger partial charge in [0.05, 0.1) is 0 Å². The van der Waals surface area contributed by atoms with Crippen LogP contribution >= 0.6 is 24.0 Å². The highest BCUT2D eigenvalue weighted by atomic mass is 127. The second kappa shape index (κ2) is 16.3. The van der Waals surface area contributed by atoms with Gasteiger partial charge in [-0.3, -0.25) is 4.99 Å². The fourth-order valence-corrected chi connectivity index (χ4v) is 2.59. The van der Waals surface area contributed by atoms with E-state index in [-0.39, 0.29) is 24.0 Å². The van der Waals surface area contributed by atoms with Gasteiger partial charge in [-0.25, -0.2) is 0 Å². The number of nitrogens with zero attached hydrogens (tertiary/aromatic N) is 4. The van der Waals surface area contributed by atoms with Crippen LogP contribution in [0.25, 0.3) is 0 Å². The summed E-state index contributed by atoms with van der Waals surface area (Å²) in [5, 5.41) is 15.0. The first kappa shape index (κ1) is 25.1. The lowest BCUT2D eigenvalue weighted by Gasteiger charge is -2.18. The van der Waals surface area contributed by atoms with E-state index in [2.05, 4.69) is 51.2 Å². The maximum Gasteiger partial charge on any atom is 0.191 e. The molecule has 0 aliphatic carbocycles. The van der Waals surface area contributed by atoms with Crippen molar-refractivity contribution >= 4 is 29.9 Å². The molecule has 1 aromatic heterocycles. The minimum absolute atomic E-state index is 0. The molecule has 0 radical (unpaired) electrons. The molecule has 1 atom stereocenters. The van der Waals surface area contributed by atoms with E-state index in [4.69, 9.17) is 4.74 Å². The smallest absolute Gasteiger partial charge is 0.191 e. The minimum Gasteiger partial charge on any atom is -0.385 e. The molecule has 0 aromatic carbocycles. The van der Waals surface area contributed by atoms with Gasteiger partial charge in [-0.05, 0) is 19.8 Å². The summed E-state index contributed by atoms with van der Waals surface area (Å²) in [5.41, 5.74) is 0. The van der Waals surface area contributed by atoms with E-state index in [0.29, 0.717) is 6.04 Å². The lowest BCUT2D eigenvalue weighted by molar-refractivity contribution is 0.197. The summed E-state index contributed by atoms with van der Waals surface area (Å²) < 4.78 is 7.18. The first-order chi connectivity index (χ1) is 12.2. The van der Waals surface area contributed by atoms with E-state index in [1.165, 1.54) is 19.3 Å². The zero-order valence-corrected chi connectivity index (χ0v) is 19.2. The Kier molecular flexibility index (Phi) is 15.7.